The normalized spacial score (nSPS) is 13.6. The second kappa shape index (κ2) is 4.39. The summed E-state index contributed by atoms with van der Waals surface area (Å²) in [5, 5.41) is 0. The van der Waals surface area contributed by atoms with Crippen LogP contribution in [0.2, 0.25) is 0 Å². The predicted octanol–water partition coefficient (Wildman–Crippen LogP) is 2.20. The molecule has 0 N–H and O–H groups in total. The summed E-state index contributed by atoms with van der Waals surface area (Å²) in [4.78, 5) is 11.4. The van der Waals surface area contributed by atoms with E-state index in [1.807, 2.05) is 18.2 Å². The van der Waals surface area contributed by atoms with Crippen LogP contribution in [0.3, 0.4) is 0 Å². The van der Waals surface area contributed by atoms with Crippen LogP contribution in [0, 0.1) is 0 Å². The van der Waals surface area contributed by atoms with Gasteiger partial charge in [-0.1, -0.05) is 24.8 Å². The largest absolute Gasteiger partial charge is 0.493 e. The lowest BCUT2D eigenvalue weighted by molar-refractivity contribution is -0.133. The van der Waals surface area contributed by atoms with Gasteiger partial charge in [-0.2, -0.15) is 0 Å². The van der Waals surface area contributed by atoms with E-state index in [1.165, 1.54) is 7.11 Å². The number of carbonyl (C=O) groups excluding carboxylic acids is 1. The van der Waals surface area contributed by atoms with Gasteiger partial charge in [-0.25, -0.2) is 4.79 Å². The third kappa shape index (κ3) is 1.81. The summed E-state index contributed by atoms with van der Waals surface area (Å²) in [7, 11) is 1.35. The van der Waals surface area contributed by atoms with E-state index in [-0.39, 0.29) is 0 Å². The topological polar surface area (TPSA) is 35.5 Å². The molecule has 0 bridgehead atoms. The van der Waals surface area contributed by atoms with Crippen molar-refractivity contribution in [1.82, 2.24) is 0 Å². The van der Waals surface area contributed by atoms with Crippen LogP contribution in [0.25, 0.3) is 5.57 Å². The van der Waals surface area contributed by atoms with Gasteiger partial charge in [0.1, 0.15) is 5.75 Å². The Morgan fingerprint density at radius 2 is 2.31 bits per heavy atom. The number of esters is 1. The minimum absolute atomic E-state index is 0.348. The summed E-state index contributed by atoms with van der Waals surface area (Å²) >= 11 is 0. The van der Waals surface area contributed by atoms with E-state index in [2.05, 4.69) is 11.3 Å². The monoisotopic (exact) mass is 218 g/mol. The van der Waals surface area contributed by atoms with Gasteiger partial charge in [0, 0.05) is 5.56 Å². The molecule has 0 aliphatic carbocycles. The summed E-state index contributed by atoms with van der Waals surface area (Å²) in [5.41, 5.74) is 2.22. The van der Waals surface area contributed by atoms with E-state index >= 15 is 0 Å². The fraction of sp³-hybridized carbons (Fsp3) is 0.308. The fourth-order valence-electron chi connectivity index (χ4n) is 1.86. The Balaban J connectivity index is 2.41. The van der Waals surface area contributed by atoms with Crippen molar-refractivity contribution in [1.29, 1.82) is 0 Å². The SMILES string of the molecule is C=C(C(=O)OC)c1cccc2c1OCCC2. The summed E-state index contributed by atoms with van der Waals surface area (Å²) < 4.78 is 10.3. The third-order valence-corrected chi connectivity index (χ3v) is 2.69. The lowest BCUT2D eigenvalue weighted by Crippen LogP contribution is -2.12. The van der Waals surface area contributed by atoms with Crippen LogP contribution < -0.4 is 4.74 Å². The van der Waals surface area contributed by atoms with Crippen LogP contribution in [-0.2, 0) is 16.0 Å². The molecule has 0 aromatic heterocycles. The van der Waals surface area contributed by atoms with Crippen molar-refractivity contribution in [2.75, 3.05) is 13.7 Å². The Morgan fingerprint density at radius 1 is 1.50 bits per heavy atom. The van der Waals surface area contributed by atoms with Crippen LogP contribution in [-0.4, -0.2) is 19.7 Å². The van der Waals surface area contributed by atoms with Crippen LogP contribution in [0.15, 0.2) is 24.8 Å². The number of hydrogen-bond acceptors (Lipinski definition) is 3. The highest BCUT2D eigenvalue weighted by Gasteiger charge is 2.19. The molecule has 0 fully saturated rings. The molecular weight excluding hydrogens is 204 g/mol. The molecule has 0 atom stereocenters. The maximum atomic E-state index is 11.4. The zero-order chi connectivity index (χ0) is 11.5. The second-order valence-electron chi connectivity index (χ2n) is 3.72. The Labute approximate surface area is 94.7 Å². The van der Waals surface area contributed by atoms with Gasteiger partial charge in [-0.05, 0) is 18.4 Å². The summed E-state index contributed by atoms with van der Waals surface area (Å²) in [6.07, 6.45) is 2.00. The minimum atomic E-state index is -0.414. The smallest absolute Gasteiger partial charge is 0.337 e. The minimum Gasteiger partial charge on any atom is -0.493 e. The number of hydrogen-bond donors (Lipinski definition) is 0. The van der Waals surface area contributed by atoms with E-state index < -0.39 is 5.97 Å². The maximum Gasteiger partial charge on any atom is 0.337 e. The van der Waals surface area contributed by atoms with E-state index in [4.69, 9.17) is 4.74 Å². The number of ether oxygens (including phenoxy) is 2. The van der Waals surface area contributed by atoms with Crippen molar-refractivity contribution < 1.29 is 14.3 Å². The van der Waals surface area contributed by atoms with Gasteiger partial charge in [-0.3, -0.25) is 0 Å². The molecule has 1 aliphatic rings. The number of fused-ring (bicyclic) bond motifs is 1. The maximum absolute atomic E-state index is 11.4. The van der Waals surface area contributed by atoms with Gasteiger partial charge in [-0.15, -0.1) is 0 Å². The molecule has 2 rings (SSSR count). The summed E-state index contributed by atoms with van der Waals surface area (Å²) in [5.74, 6) is 0.367. The summed E-state index contributed by atoms with van der Waals surface area (Å²) in [6, 6.07) is 5.77. The number of methoxy groups -OCH3 is 1. The molecule has 1 aliphatic heterocycles. The van der Waals surface area contributed by atoms with Gasteiger partial charge in [0.05, 0.1) is 19.3 Å². The molecule has 0 saturated heterocycles. The highest BCUT2D eigenvalue weighted by molar-refractivity contribution is 6.16. The number of aryl methyl sites for hydroxylation is 1. The van der Waals surface area contributed by atoms with Crippen LogP contribution in [0.4, 0.5) is 0 Å². The Morgan fingerprint density at radius 3 is 3.06 bits per heavy atom. The van der Waals surface area contributed by atoms with E-state index in [9.17, 15) is 4.79 Å². The molecule has 84 valence electrons. The van der Waals surface area contributed by atoms with Gasteiger partial charge in [0.15, 0.2) is 0 Å². The Kier molecular flexibility index (Phi) is 2.95. The van der Waals surface area contributed by atoms with Crippen molar-refractivity contribution in [3.8, 4) is 5.75 Å². The van der Waals surface area contributed by atoms with Crippen LogP contribution in [0.1, 0.15) is 17.5 Å². The molecular formula is C13H14O3. The van der Waals surface area contributed by atoms with Crippen molar-refractivity contribution in [3.05, 3.63) is 35.9 Å². The van der Waals surface area contributed by atoms with E-state index in [0.717, 1.165) is 29.7 Å². The average Bonchev–Trinajstić information content (AvgIpc) is 2.36. The highest BCUT2D eigenvalue weighted by atomic mass is 16.5. The molecule has 1 aromatic rings. The van der Waals surface area contributed by atoms with Crippen molar-refractivity contribution in [3.63, 3.8) is 0 Å². The first-order valence-corrected chi connectivity index (χ1v) is 5.26. The Bertz CT molecular complexity index is 435. The number of para-hydroxylation sites is 1. The van der Waals surface area contributed by atoms with Crippen molar-refractivity contribution >= 4 is 11.5 Å². The highest BCUT2D eigenvalue weighted by Crippen LogP contribution is 2.33. The number of rotatable bonds is 2. The van der Waals surface area contributed by atoms with Crippen LogP contribution in [0.5, 0.6) is 5.75 Å². The van der Waals surface area contributed by atoms with Gasteiger partial charge in [0.25, 0.3) is 0 Å². The zero-order valence-electron chi connectivity index (χ0n) is 9.29. The van der Waals surface area contributed by atoms with Gasteiger partial charge >= 0.3 is 5.97 Å². The molecule has 1 heterocycles. The summed E-state index contributed by atoms with van der Waals surface area (Å²) in [6.45, 7) is 4.44. The van der Waals surface area contributed by atoms with Crippen LogP contribution >= 0.6 is 0 Å². The number of benzene rings is 1. The first kappa shape index (κ1) is 10.7. The molecule has 1 aromatic carbocycles. The fourth-order valence-corrected chi connectivity index (χ4v) is 1.86. The molecule has 3 nitrogen and oxygen atoms in total. The zero-order valence-corrected chi connectivity index (χ0v) is 9.29. The molecule has 0 saturated carbocycles. The van der Waals surface area contributed by atoms with E-state index in [1.54, 1.807) is 0 Å². The van der Waals surface area contributed by atoms with Crippen molar-refractivity contribution in [2.24, 2.45) is 0 Å². The number of carbonyl (C=O) groups is 1. The lowest BCUT2D eigenvalue weighted by Gasteiger charge is -2.20. The molecule has 0 radical (unpaired) electrons. The van der Waals surface area contributed by atoms with E-state index in [0.29, 0.717) is 12.2 Å². The van der Waals surface area contributed by atoms with Crippen molar-refractivity contribution in [2.45, 2.75) is 12.8 Å². The second-order valence-corrected chi connectivity index (χ2v) is 3.72. The molecule has 0 unspecified atom stereocenters. The first-order chi connectivity index (χ1) is 7.74. The first-order valence-electron chi connectivity index (χ1n) is 5.26. The standard InChI is InChI=1S/C13H14O3/c1-9(13(14)15-2)11-7-3-5-10-6-4-8-16-12(10)11/h3,5,7H,1,4,6,8H2,2H3. The third-order valence-electron chi connectivity index (χ3n) is 2.69. The predicted molar refractivity (Wildman–Crippen MR) is 61.3 cm³/mol. The molecule has 0 amide bonds. The van der Waals surface area contributed by atoms with Gasteiger partial charge < -0.3 is 9.47 Å². The lowest BCUT2D eigenvalue weighted by atomic mass is 9.98. The quantitative estimate of drug-likeness (QED) is 0.564. The molecule has 0 spiro atoms. The average molecular weight is 218 g/mol. The molecule has 3 heteroatoms. The van der Waals surface area contributed by atoms with Gasteiger partial charge in [0.2, 0.25) is 0 Å². The Hall–Kier alpha value is -1.77. The molecule has 16 heavy (non-hydrogen) atoms.